The van der Waals surface area contributed by atoms with Gasteiger partial charge < -0.3 is 30.5 Å². The number of nitrogens with zero attached hydrogens (tertiary/aromatic N) is 2. The van der Waals surface area contributed by atoms with Gasteiger partial charge in [-0.1, -0.05) is 45.5 Å². The number of imidazole rings is 1. The van der Waals surface area contributed by atoms with E-state index in [-0.39, 0.29) is 11.3 Å². The van der Waals surface area contributed by atoms with E-state index in [0.717, 1.165) is 33.4 Å². The van der Waals surface area contributed by atoms with Crippen LogP contribution in [0.4, 0.5) is 11.4 Å². The number of aryl methyl sites for hydroxylation is 1. The highest BCUT2D eigenvalue weighted by atomic mass is 32.2. The second-order valence-corrected chi connectivity index (χ2v) is 11.0. The van der Waals surface area contributed by atoms with Gasteiger partial charge in [-0.15, -0.1) is 0 Å². The molecule has 1 amide bonds. The zero-order valence-corrected chi connectivity index (χ0v) is 24.2. The average molecular weight is 539 g/mol. The van der Waals surface area contributed by atoms with E-state index in [9.17, 15) is 4.79 Å². The van der Waals surface area contributed by atoms with Gasteiger partial charge in [0.1, 0.15) is 0 Å². The van der Waals surface area contributed by atoms with Crippen molar-refractivity contribution in [3.63, 3.8) is 0 Å². The number of aromatic nitrogens is 2. The van der Waals surface area contributed by atoms with Gasteiger partial charge in [-0.2, -0.15) is 5.48 Å². The number of hydroxylamine groups is 1. The fraction of sp³-hybridized carbons (Fsp3) is 0.357. The molecule has 0 aliphatic carbocycles. The lowest BCUT2D eigenvalue weighted by Crippen LogP contribution is -2.18. The molecule has 0 radical (unpaired) electrons. The lowest BCUT2D eigenvalue weighted by Gasteiger charge is -2.23. The molecule has 0 fully saturated rings. The maximum absolute atomic E-state index is 13.3. The van der Waals surface area contributed by atoms with Gasteiger partial charge in [0.05, 0.1) is 30.4 Å². The average Bonchev–Trinajstić information content (AvgIpc) is 3.23. The standard InChI is InChI=1S/C28H38N6O3S/c1-9-38-27-32-16-23(34(27)7)20(29)15-31-21-12-18(11-10-17(21)2)26(35)33-22-13-19(28(3,4)5)14-24(37-30-6)25(22)36-8/h10-16,30-31H,9,29H2,1-8H3,(H,33,35)/b20-15-. The zero-order valence-electron chi connectivity index (χ0n) is 23.4. The number of nitrogens with one attached hydrogen (secondary N) is 3. The van der Waals surface area contributed by atoms with Gasteiger partial charge in [-0.05, 0) is 53.5 Å². The number of amides is 1. The molecule has 0 saturated carbocycles. The van der Waals surface area contributed by atoms with Crippen LogP contribution >= 0.6 is 11.8 Å². The molecule has 38 heavy (non-hydrogen) atoms. The van der Waals surface area contributed by atoms with Crippen molar-refractivity contribution in [3.05, 3.63) is 65.1 Å². The number of rotatable bonds is 10. The highest BCUT2D eigenvalue weighted by molar-refractivity contribution is 7.99. The van der Waals surface area contributed by atoms with Crippen LogP contribution in [0.5, 0.6) is 11.5 Å². The van der Waals surface area contributed by atoms with E-state index < -0.39 is 0 Å². The van der Waals surface area contributed by atoms with Crippen molar-refractivity contribution in [1.29, 1.82) is 0 Å². The van der Waals surface area contributed by atoms with Crippen LogP contribution in [-0.2, 0) is 12.5 Å². The Kier molecular flexibility index (Phi) is 9.35. The molecule has 9 nitrogen and oxygen atoms in total. The summed E-state index contributed by atoms with van der Waals surface area (Å²) >= 11 is 1.65. The van der Waals surface area contributed by atoms with Crippen LogP contribution in [0.15, 0.2) is 47.9 Å². The number of thioether (sulfide) groups is 1. The minimum atomic E-state index is -0.280. The topological polar surface area (TPSA) is 115 Å². The summed E-state index contributed by atoms with van der Waals surface area (Å²) in [6.45, 7) is 10.3. The van der Waals surface area contributed by atoms with E-state index in [0.29, 0.717) is 28.4 Å². The van der Waals surface area contributed by atoms with Gasteiger partial charge >= 0.3 is 0 Å². The second-order valence-electron chi connectivity index (χ2n) is 9.76. The number of methoxy groups -OCH3 is 1. The summed E-state index contributed by atoms with van der Waals surface area (Å²) in [7, 11) is 5.15. The number of hydrogen-bond donors (Lipinski definition) is 4. The minimum absolute atomic E-state index is 0.172. The van der Waals surface area contributed by atoms with Crippen LogP contribution in [0.25, 0.3) is 5.70 Å². The molecule has 0 unspecified atom stereocenters. The number of ether oxygens (including phenoxy) is 1. The second kappa shape index (κ2) is 12.3. The van der Waals surface area contributed by atoms with E-state index in [2.05, 4.69) is 48.8 Å². The number of carbonyl (C=O) groups is 1. The SMILES string of the molecule is CCSc1ncc(/C(N)=C/Nc2cc(C(=O)Nc3cc(C(C)(C)C)cc(ONC)c3OC)ccc2C)n1C. The summed E-state index contributed by atoms with van der Waals surface area (Å²) in [5.74, 6) is 1.56. The molecule has 10 heteroatoms. The quantitative estimate of drug-likeness (QED) is 0.204. The lowest BCUT2D eigenvalue weighted by atomic mass is 9.86. The molecule has 5 N–H and O–H groups in total. The van der Waals surface area contributed by atoms with Crippen molar-refractivity contribution in [2.24, 2.45) is 12.8 Å². The van der Waals surface area contributed by atoms with Crippen LogP contribution in [0.1, 0.15) is 54.9 Å². The molecule has 0 spiro atoms. The van der Waals surface area contributed by atoms with E-state index in [1.807, 2.05) is 36.7 Å². The third kappa shape index (κ3) is 6.62. The maximum Gasteiger partial charge on any atom is 0.255 e. The van der Waals surface area contributed by atoms with E-state index in [1.54, 1.807) is 50.4 Å². The Morgan fingerprint density at radius 2 is 1.95 bits per heavy atom. The molecule has 0 bridgehead atoms. The van der Waals surface area contributed by atoms with E-state index in [4.69, 9.17) is 15.3 Å². The number of anilines is 2. The number of benzene rings is 2. The number of nitrogens with two attached hydrogens (primary N) is 1. The van der Waals surface area contributed by atoms with Crippen molar-refractivity contribution >= 4 is 34.7 Å². The van der Waals surface area contributed by atoms with Gasteiger partial charge in [-0.25, -0.2) is 4.98 Å². The van der Waals surface area contributed by atoms with Crippen LogP contribution in [0, 0.1) is 6.92 Å². The lowest BCUT2D eigenvalue weighted by molar-refractivity contribution is 0.102. The molecular weight excluding hydrogens is 500 g/mol. The maximum atomic E-state index is 13.3. The van der Waals surface area contributed by atoms with Gasteiger partial charge in [0.2, 0.25) is 0 Å². The van der Waals surface area contributed by atoms with Crippen molar-refractivity contribution < 1.29 is 14.4 Å². The largest absolute Gasteiger partial charge is 0.491 e. The summed E-state index contributed by atoms with van der Waals surface area (Å²) in [6, 6.07) is 9.28. The Hall–Kier alpha value is -3.63. The molecule has 0 saturated heterocycles. The Bertz CT molecular complexity index is 1330. The van der Waals surface area contributed by atoms with Crippen molar-refractivity contribution in [2.45, 2.75) is 45.2 Å². The Labute approximate surface area is 229 Å². The summed E-state index contributed by atoms with van der Waals surface area (Å²) < 4.78 is 7.55. The van der Waals surface area contributed by atoms with Gasteiger partial charge in [-0.3, -0.25) is 4.79 Å². The van der Waals surface area contributed by atoms with Crippen molar-refractivity contribution in [1.82, 2.24) is 15.0 Å². The number of hydrogen-bond acceptors (Lipinski definition) is 8. The first-order chi connectivity index (χ1) is 18.0. The Morgan fingerprint density at radius 1 is 1.21 bits per heavy atom. The monoisotopic (exact) mass is 538 g/mol. The molecule has 1 heterocycles. The van der Waals surface area contributed by atoms with Gasteiger partial charge in [0.25, 0.3) is 5.91 Å². The zero-order chi connectivity index (χ0) is 28.0. The summed E-state index contributed by atoms with van der Waals surface area (Å²) in [4.78, 5) is 23.3. The van der Waals surface area contributed by atoms with Gasteiger partial charge in [0, 0.05) is 31.5 Å². The highest BCUT2D eigenvalue weighted by Crippen LogP contribution is 2.40. The first-order valence-electron chi connectivity index (χ1n) is 12.3. The molecule has 0 aliphatic rings. The number of carbonyl (C=O) groups excluding carboxylic acids is 1. The molecule has 3 aromatic rings. The fourth-order valence-corrected chi connectivity index (χ4v) is 4.47. The van der Waals surface area contributed by atoms with Crippen LogP contribution in [0.3, 0.4) is 0 Å². The first kappa shape index (κ1) is 28.9. The minimum Gasteiger partial charge on any atom is -0.491 e. The van der Waals surface area contributed by atoms with Crippen molar-refractivity contribution in [2.75, 3.05) is 30.5 Å². The van der Waals surface area contributed by atoms with Crippen LogP contribution in [0.2, 0.25) is 0 Å². The molecule has 1 aromatic heterocycles. The summed E-state index contributed by atoms with van der Waals surface area (Å²) in [5.41, 5.74) is 13.9. The van der Waals surface area contributed by atoms with E-state index in [1.165, 1.54) is 0 Å². The molecule has 204 valence electrons. The summed E-state index contributed by atoms with van der Waals surface area (Å²) in [5, 5.41) is 7.15. The fourth-order valence-electron chi connectivity index (χ4n) is 3.79. The molecular formula is C28H38N6O3S. The third-order valence-electron chi connectivity index (χ3n) is 5.98. The predicted octanol–water partition coefficient (Wildman–Crippen LogP) is 5.28. The Balaban J connectivity index is 1.88. The molecule has 0 atom stereocenters. The highest BCUT2D eigenvalue weighted by Gasteiger charge is 2.22. The van der Waals surface area contributed by atoms with Crippen molar-refractivity contribution in [3.8, 4) is 11.5 Å². The smallest absolute Gasteiger partial charge is 0.255 e. The first-order valence-corrected chi connectivity index (χ1v) is 13.3. The molecule has 2 aromatic carbocycles. The molecule has 3 rings (SSSR count). The normalized spacial score (nSPS) is 11.8. The predicted molar refractivity (Wildman–Crippen MR) is 156 cm³/mol. The third-order valence-corrected chi connectivity index (χ3v) is 6.91. The van der Waals surface area contributed by atoms with Gasteiger partial charge in [0.15, 0.2) is 16.7 Å². The molecule has 0 aliphatic heterocycles. The van der Waals surface area contributed by atoms with E-state index >= 15 is 0 Å². The van der Waals surface area contributed by atoms with Crippen LogP contribution in [-0.4, -0.2) is 35.4 Å². The summed E-state index contributed by atoms with van der Waals surface area (Å²) in [6.07, 6.45) is 3.48. The van der Waals surface area contributed by atoms with Crippen LogP contribution < -0.4 is 31.4 Å². The Morgan fingerprint density at radius 3 is 2.58 bits per heavy atom.